The summed E-state index contributed by atoms with van der Waals surface area (Å²) in [4.78, 5) is 26.3. The summed E-state index contributed by atoms with van der Waals surface area (Å²) in [6.07, 6.45) is 8.33. The van der Waals surface area contributed by atoms with Crippen LogP contribution in [0, 0.1) is 5.92 Å². The molecule has 2 aliphatic heterocycles. The molecule has 2 saturated heterocycles. The van der Waals surface area contributed by atoms with Crippen molar-refractivity contribution >= 4 is 22.9 Å². The maximum absolute atomic E-state index is 12.8. The van der Waals surface area contributed by atoms with Gasteiger partial charge in [0.2, 0.25) is 0 Å². The van der Waals surface area contributed by atoms with Gasteiger partial charge in [0.15, 0.2) is 5.79 Å². The second-order valence-electron chi connectivity index (χ2n) is 12.9. The number of ether oxygens (including phenoxy) is 2. The minimum Gasteiger partial charge on any atom is -0.444 e. The Morgan fingerprint density at radius 3 is 2.63 bits per heavy atom. The number of anilines is 1. The van der Waals surface area contributed by atoms with Gasteiger partial charge in [-0.2, -0.15) is 0 Å². The molecule has 2 aromatic rings. The first-order chi connectivity index (χ1) is 17.9. The molecule has 0 bridgehead atoms. The van der Waals surface area contributed by atoms with Crippen LogP contribution in [0.4, 0.5) is 10.6 Å². The number of nitrogens with zero attached hydrogens (tertiary/aromatic N) is 5. The fraction of sp³-hybridized carbons (Fsp3) is 0.750. The van der Waals surface area contributed by atoms with Crippen molar-refractivity contribution in [3.05, 3.63) is 18.6 Å². The van der Waals surface area contributed by atoms with E-state index in [0.29, 0.717) is 5.92 Å². The van der Waals surface area contributed by atoms with Crippen LogP contribution >= 0.6 is 0 Å². The lowest BCUT2D eigenvalue weighted by Crippen LogP contribution is -2.68. The molecular weight excluding hydrogens is 484 g/mol. The normalized spacial score (nSPS) is 28.6. The first kappa shape index (κ1) is 27.1. The molecule has 2 N–H and O–H groups in total. The molecule has 1 spiro atoms. The van der Waals surface area contributed by atoms with Crippen LogP contribution in [0.1, 0.15) is 72.8 Å². The summed E-state index contributed by atoms with van der Waals surface area (Å²) >= 11 is 0. The number of hydrogen-bond acceptors (Lipinski definition) is 8. The van der Waals surface area contributed by atoms with Gasteiger partial charge in [-0.05, 0) is 78.7 Å². The molecule has 38 heavy (non-hydrogen) atoms. The Hall–Kier alpha value is -2.43. The number of rotatable bonds is 6. The number of fused-ring (bicyclic) bond motifs is 1. The average molecular weight is 529 g/mol. The second-order valence-corrected chi connectivity index (χ2v) is 12.9. The highest BCUT2D eigenvalue weighted by molar-refractivity contribution is 5.87. The lowest BCUT2D eigenvalue weighted by Gasteiger charge is -2.57. The third-order valence-electron chi connectivity index (χ3n) is 8.32. The number of nitrogens with one attached hydrogen (secondary N) is 1. The van der Waals surface area contributed by atoms with E-state index in [1.807, 2.05) is 38.8 Å². The highest BCUT2D eigenvalue weighted by Gasteiger charge is 2.50. The Labute approximate surface area is 225 Å². The number of hydrogen-bond donors (Lipinski definition) is 2. The quantitative estimate of drug-likeness (QED) is 0.542. The van der Waals surface area contributed by atoms with E-state index in [1.54, 1.807) is 20.2 Å². The second kappa shape index (κ2) is 9.95. The van der Waals surface area contributed by atoms with Crippen LogP contribution in [0.5, 0.6) is 0 Å². The molecule has 10 heteroatoms. The van der Waals surface area contributed by atoms with E-state index in [9.17, 15) is 9.90 Å². The Morgan fingerprint density at radius 1 is 1.18 bits per heavy atom. The van der Waals surface area contributed by atoms with E-state index in [0.717, 1.165) is 75.1 Å². The SMILES string of the molecule is CNc1ncnc2c1ccn2[C@@H]1C[C@H](CN2CCC23CCCN(C(=O)OC(C)(C)C)C3)CC1OC(C)(C)O. The maximum atomic E-state index is 12.8. The molecule has 3 fully saturated rings. The fourth-order valence-corrected chi connectivity index (χ4v) is 6.69. The summed E-state index contributed by atoms with van der Waals surface area (Å²) in [7, 11) is 1.86. The van der Waals surface area contributed by atoms with Crippen molar-refractivity contribution < 1.29 is 19.4 Å². The van der Waals surface area contributed by atoms with Gasteiger partial charge in [0.1, 0.15) is 23.4 Å². The van der Waals surface area contributed by atoms with Gasteiger partial charge in [0.25, 0.3) is 0 Å². The van der Waals surface area contributed by atoms with E-state index in [-0.39, 0.29) is 23.8 Å². The summed E-state index contributed by atoms with van der Waals surface area (Å²) in [6, 6.07) is 2.11. The molecule has 1 amide bonds. The maximum Gasteiger partial charge on any atom is 0.410 e. The lowest BCUT2D eigenvalue weighted by molar-refractivity contribution is -0.211. The third-order valence-corrected chi connectivity index (χ3v) is 8.32. The van der Waals surface area contributed by atoms with Crippen LogP contribution in [0.25, 0.3) is 11.0 Å². The topological polar surface area (TPSA) is 105 Å². The number of amides is 1. The van der Waals surface area contributed by atoms with Gasteiger partial charge in [-0.1, -0.05) is 0 Å². The Morgan fingerprint density at radius 2 is 1.97 bits per heavy atom. The van der Waals surface area contributed by atoms with Crippen molar-refractivity contribution in [1.29, 1.82) is 0 Å². The molecule has 210 valence electrons. The smallest absolute Gasteiger partial charge is 0.410 e. The van der Waals surface area contributed by atoms with Crippen molar-refractivity contribution in [3.63, 3.8) is 0 Å². The molecule has 1 aliphatic carbocycles. The number of piperidine rings is 1. The molecule has 5 rings (SSSR count). The van der Waals surface area contributed by atoms with Crippen LogP contribution < -0.4 is 5.32 Å². The van der Waals surface area contributed by atoms with Gasteiger partial charge >= 0.3 is 6.09 Å². The molecule has 4 atom stereocenters. The van der Waals surface area contributed by atoms with Crippen molar-refractivity contribution in [2.75, 3.05) is 38.5 Å². The first-order valence-electron chi connectivity index (χ1n) is 14.0. The fourth-order valence-electron chi connectivity index (χ4n) is 6.69. The number of likely N-dealkylation sites (tertiary alicyclic amines) is 2. The van der Waals surface area contributed by atoms with E-state index in [2.05, 4.69) is 30.9 Å². The monoisotopic (exact) mass is 528 g/mol. The summed E-state index contributed by atoms with van der Waals surface area (Å²) in [5.74, 6) is -0.0108. The van der Waals surface area contributed by atoms with Gasteiger partial charge < -0.3 is 29.4 Å². The minimum absolute atomic E-state index is 0.0366. The molecule has 1 saturated carbocycles. The average Bonchev–Trinajstić information content (AvgIpc) is 3.43. The standard InChI is InChI=1S/C28H44N6O4/c1-26(2,3)38-25(35)32-11-7-9-28(17-32)10-13-33(28)16-19-14-21(22(15-19)37-27(4,5)36)34-12-8-20-23(29-6)30-18-31-24(20)34/h8,12,18-19,21-22,36H,7,9-11,13-17H2,1-6H3,(H,29,30,31)/t19-,21+,22?,28?/m0/s1. The van der Waals surface area contributed by atoms with Gasteiger partial charge in [0, 0.05) is 45.0 Å². The molecule has 3 aliphatic rings. The number of carbonyl (C=O) groups excluding carboxylic acids is 1. The predicted molar refractivity (Wildman–Crippen MR) is 146 cm³/mol. The van der Waals surface area contributed by atoms with E-state index in [1.165, 1.54) is 0 Å². The molecule has 4 heterocycles. The van der Waals surface area contributed by atoms with Crippen molar-refractivity contribution in [3.8, 4) is 0 Å². The van der Waals surface area contributed by atoms with Gasteiger partial charge in [0.05, 0.1) is 17.5 Å². The van der Waals surface area contributed by atoms with Crippen LogP contribution in [-0.2, 0) is 9.47 Å². The summed E-state index contributed by atoms with van der Waals surface area (Å²) in [5.41, 5.74) is 0.422. The molecule has 10 nitrogen and oxygen atoms in total. The van der Waals surface area contributed by atoms with Crippen LogP contribution in [-0.4, -0.2) is 91.8 Å². The Kier molecular flexibility index (Phi) is 7.11. The summed E-state index contributed by atoms with van der Waals surface area (Å²) in [5, 5.41) is 14.7. The zero-order valence-corrected chi connectivity index (χ0v) is 23.7. The molecule has 2 unspecified atom stereocenters. The van der Waals surface area contributed by atoms with Crippen molar-refractivity contribution in [1.82, 2.24) is 24.3 Å². The largest absolute Gasteiger partial charge is 0.444 e. The van der Waals surface area contributed by atoms with Crippen molar-refractivity contribution in [2.45, 2.75) is 95.8 Å². The van der Waals surface area contributed by atoms with Gasteiger partial charge in [-0.15, -0.1) is 0 Å². The molecule has 0 radical (unpaired) electrons. The lowest BCUT2D eigenvalue weighted by atomic mass is 9.77. The number of carbonyl (C=O) groups is 1. The predicted octanol–water partition coefficient (Wildman–Crippen LogP) is 4.01. The number of aromatic nitrogens is 3. The molecule has 0 aromatic carbocycles. The highest BCUT2D eigenvalue weighted by Crippen LogP contribution is 2.45. The first-order valence-corrected chi connectivity index (χ1v) is 14.0. The van der Waals surface area contributed by atoms with Gasteiger partial charge in [-0.25, -0.2) is 14.8 Å². The van der Waals surface area contributed by atoms with E-state index in [4.69, 9.17) is 9.47 Å². The molecular formula is C28H44N6O4. The van der Waals surface area contributed by atoms with Gasteiger partial charge in [-0.3, -0.25) is 4.90 Å². The van der Waals surface area contributed by atoms with E-state index >= 15 is 0 Å². The molecule has 2 aromatic heterocycles. The van der Waals surface area contributed by atoms with Crippen LogP contribution in [0.2, 0.25) is 0 Å². The summed E-state index contributed by atoms with van der Waals surface area (Å²) in [6.45, 7) is 12.6. The Bertz CT molecular complexity index is 1150. The van der Waals surface area contributed by atoms with E-state index < -0.39 is 11.4 Å². The zero-order valence-electron chi connectivity index (χ0n) is 23.7. The highest BCUT2D eigenvalue weighted by atomic mass is 16.6. The number of aliphatic hydroxyl groups is 1. The van der Waals surface area contributed by atoms with Crippen LogP contribution in [0.3, 0.4) is 0 Å². The zero-order chi connectivity index (χ0) is 27.3. The Balaban J connectivity index is 1.32. The summed E-state index contributed by atoms with van der Waals surface area (Å²) < 4.78 is 14.1. The third kappa shape index (κ3) is 5.49. The minimum atomic E-state index is -1.22. The van der Waals surface area contributed by atoms with Crippen LogP contribution in [0.15, 0.2) is 18.6 Å². The van der Waals surface area contributed by atoms with Crippen molar-refractivity contribution in [2.24, 2.45) is 5.92 Å².